The van der Waals surface area contributed by atoms with Gasteiger partial charge in [-0.3, -0.25) is 9.29 Å². The van der Waals surface area contributed by atoms with Gasteiger partial charge in [0.1, 0.15) is 0 Å². The average Bonchev–Trinajstić information content (AvgIpc) is 2.42. The molecule has 0 radical (unpaired) electrons. The van der Waals surface area contributed by atoms with E-state index in [2.05, 4.69) is 4.98 Å². The molecule has 1 saturated heterocycles. The van der Waals surface area contributed by atoms with E-state index in [1.54, 1.807) is 13.1 Å². The Kier molecular flexibility index (Phi) is 2.28. The Hall–Kier alpha value is -1.34. The molecule has 82 valence electrons. The van der Waals surface area contributed by atoms with Crippen molar-refractivity contribution in [3.63, 3.8) is 0 Å². The fraction of sp³-hybridized carbons (Fsp3) is 0.375. The van der Waals surface area contributed by atoms with Crippen LogP contribution in [0.5, 0.6) is 0 Å². The molecule has 0 bridgehead atoms. The predicted molar refractivity (Wildman–Crippen MR) is 57.5 cm³/mol. The zero-order valence-electron chi connectivity index (χ0n) is 8.29. The first-order valence-electron chi connectivity index (χ1n) is 4.46. The Morgan fingerprint density at radius 1 is 1.40 bits per heavy atom. The van der Waals surface area contributed by atoms with Crippen LogP contribution in [0, 0.1) is 0 Å². The molecule has 0 unspecified atom stereocenters. The molecular weight excluding hydrogens is 216 g/mol. The lowest BCUT2D eigenvalue weighted by atomic mass is 10.4. The number of rotatable bonds is 1. The molecule has 6 nitrogen and oxygen atoms in total. The monoisotopic (exact) mass is 228 g/mol. The van der Waals surface area contributed by atoms with Gasteiger partial charge in [-0.2, -0.15) is 12.7 Å². The predicted octanol–water partition coefficient (Wildman–Crippen LogP) is -0.340. The molecule has 0 spiro atoms. The summed E-state index contributed by atoms with van der Waals surface area (Å²) in [6.07, 6.45) is 2.98. The van der Waals surface area contributed by atoms with Crippen LogP contribution in [0.2, 0.25) is 0 Å². The summed E-state index contributed by atoms with van der Waals surface area (Å²) in [5.74, 6) is 0. The van der Waals surface area contributed by atoms with Crippen molar-refractivity contribution in [3.8, 4) is 0 Å². The molecule has 1 aromatic heterocycles. The standard InChI is InChI=1S/C8H12N4O2S/c1-11-2-3-12(15(11,13)14)8-4-7(9)5-10-6-8/h4-6H,2-3,9H2,1H3. The summed E-state index contributed by atoms with van der Waals surface area (Å²) in [6, 6.07) is 1.60. The highest BCUT2D eigenvalue weighted by atomic mass is 32.2. The smallest absolute Gasteiger partial charge is 0.303 e. The largest absolute Gasteiger partial charge is 0.397 e. The number of anilines is 2. The van der Waals surface area contributed by atoms with Crippen LogP contribution in [0.25, 0.3) is 0 Å². The van der Waals surface area contributed by atoms with E-state index in [-0.39, 0.29) is 0 Å². The van der Waals surface area contributed by atoms with Crippen molar-refractivity contribution in [2.45, 2.75) is 0 Å². The van der Waals surface area contributed by atoms with Crippen molar-refractivity contribution in [1.82, 2.24) is 9.29 Å². The molecule has 0 aliphatic carbocycles. The van der Waals surface area contributed by atoms with Gasteiger partial charge in [-0.15, -0.1) is 0 Å². The Bertz CT molecular complexity index is 473. The van der Waals surface area contributed by atoms with E-state index in [0.717, 1.165) is 0 Å². The van der Waals surface area contributed by atoms with Gasteiger partial charge in [0.05, 0.1) is 17.6 Å². The van der Waals surface area contributed by atoms with Crippen LogP contribution in [-0.2, 0) is 10.2 Å². The van der Waals surface area contributed by atoms with E-state index in [0.29, 0.717) is 24.5 Å². The number of pyridine rings is 1. The first kappa shape index (κ1) is 10.2. The lowest BCUT2D eigenvalue weighted by molar-refractivity contribution is 0.511. The fourth-order valence-electron chi connectivity index (χ4n) is 1.47. The Balaban J connectivity index is 2.41. The summed E-state index contributed by atoms with van der Waals surface area (Å²) in [7, 11) is -1.81. The molecule has 2 heterocycles. The number of likely N-dealkylation sites (N-methyl/N-ethyl adjacent to an activating group) is 1. The van der Waals surface area contributed by atoms with Gasteiger partial charge in [0.15, 0.2) is 0 Å². The molecule has 7 heteroatoms. The van der Waals surface area contributed by atoms with Gasteiger partial charge >= 0.3 is 10.2 Å². The van der Waals surface area contributed by atoms with Gasteiger partial charge in [-0.1, -0.05) is 0 Å². The molecule has 1 aromatic rings. The van der Waals surface area contributed by atoms with E-state index in [1.807, 2.05) is 0 Å². The van der Waals surface area contributed by atoms with Crippen LogP contribution in [0.15, 0.2) is 18.5 Å². The van der Waals surface area contributed by atoms with Gasteiger partial charge in [-0.05, 0) is 6.07 Å². The second-order valence-electron chi connectivity index (χ2n) is 3.38. The molecule has 0 aromatic carbocycles. The van der Waals surface area contributed by atoms with E-state index >= 15 is 0 Å². The van der Waals surface area contributed by atoms with Gasteiger partial charge in [0, 0.05) is 26.3 Å². The summed E-state index contributed by atoms with van der Waals surface area (Å²) in [5.41, 5.74) is 6.52. The van der Waals surface area contributed by atoms with Gasteiger partial charge in [0.2, 0.25) is 0 Å². The third-order valence-corrected chi connectivity index (χ3v) is 4.24. The molecule has 15 heavy (non-hydrogen) atoms. The maximum Gasteiger partial charge on any atom is 0.303 e. The maximum absolute atomic E-state index is 11.8. The van der Waals surface area contributed by atoms with E-state index in [4.69, 9.17) is 5.73 Å². The summed E-state index contributed by atoms with van der Waals surface area (Å²) in [6.45, 7) is 0.918. The summed E-state index contributed by atoms with van der Waals surface area (Å²) in [5, 5.41) is 0. The minimum atomic E-state index is -3.36. The van der Waals surface area contributed by atoms with E-state index in [1.165, 1.54) is 21.0 Å². The number of hydrogen-bond donors (Lipinski definition) is 1. The Morgan fingerprint density at radius 3 is 2.67 bits per heavy atom. The molecule has 1 aliphatic heterocycles. The number of nitrogen functional groups attached to an aromatic ring is 1. The second kappa shape index (κ2) is 3.35. The Morgan fingerprint density at radius 2 is 2.13 bits per heavy atom. The molecule has 2 N–H and O–H groups in total. The molecular formula is C8H12N4O2S. The molecule has 1 fully saturated rings. The van der Waals surface area contributed by atoms with Crippen LogP contribution < -0.4 is 10.0 Å². The highest BCUT2D eigenvalue weighted by molar-refractivity contribution is 7.90. The topological polar surface area (TPSA) is 79.5 Å². The minimum absolute atomic E-state index is 0.434. The number of aromatic nitrogens is 1. The van der Waals surface area contributed by atoms with Gasteiger partial charge < -0.3 is 5.73 Å². The number of nitrogens with zero attached hydrogens (tertiary/aromatic N) is 3. The van der Waals surface area contributed by atoms with Crippen molar-refractivity contribution in [2.24, 2.45) is 0 Å². The van der Waals surface area contributed by atoms with Crippen LogP contribution in [0.4, 0.5) is 11.4 Å². The van der Waals surface area contributed by atoms with Crippen molar-refractivity contribution < 1.29 is 8.42 Å². The number of hydrogen-bond acceptors (Lipinski definition) is 4. The van der Waals surface area contributed by atoms with Crippen molar-refractivity contribution >= 4 is 21.6 Å². The summed E-state index contributed by atoms with van der Waals surface area (Å²) < 4.78 is 26.2. The van der Waals surface area contributed by atoms with Crippen LogP contribution in [-0.4, -0.2) is 37.8 Å². The maximum atomic E-state index is 11.8. The van der Waals surface area contributed by atoms with E-state index < -0.39 is 10.2 Å². The normalized spacial score (nSPS) is 20.7. The molecule has 0 amide bonds. The lowest BCUT2D eigenvalue weighted by Gasteiger charge is -2.17. The van der Waals surface area contributed by atoms with Crippen molar-refractivity contribution in [1.29, 1.82) is 0 Å². The highest BCUT2D eigenvalue weighted by Gasteiger charge is 2.33. The summed E-state index contributed by atoms with van der Waals surface area (Å²) >= 11 is 0. The number of nitrogens with two attached hydrogens (primary N) is 1. The first-order valence-corrected chi connectivity index (χ1v) is 5.86. The molecule has 0 saturated carbocycles. The van der Waals surface area contributed by atoms with Crippen LogP contribution in [0.1, 0.15) is 0 Å². The third kappa shape index (κ3) is 1.64. The summed E-state index contributed by atoms with van der Waals surface area (Å²) in [4.78, 5) is 3.87. The van der Waals surface area contributed by atoms with Crippen LogP contribution >= 0.6 is 0 Å². The SMILES string of the molecule is CN1CCN(c2cncc(N)c2)S1(=O)=O. The van der Waals surface area contributed by atoms with Crippen molar-refractivity contribution in [2.75, 3.05) is 30.2 Å². The van der Waals surface area contributed by atoms with Crippen LogP contribution in [0.3, 0.4) is 0 Å². The average molecular weight is 228 g/mol. The van der Waals surface area contributed by atoms with Gasteiger partial charge in [0.25, 0.3) is 0 Å². The zero-order valence-corrected chi connectivity index (χ0v) is 9.11. The third-order valence-electron chi connectivity index (χ3n) is 2.32. The first-order chi connectivity index (χ1) is 7.01. The lowest BCUT2D eigenvalue weighted by Crippen LogP contribution is -2.30. The quantitative estimate of drug-likeness (QED) is 0.713. The zero-order chi connectivity index (χ0) is 11.1. The second-order valence-corrected chi connectivity index (χ2v) is 5.34. The molecule has 2 rings (SSSR count). The van der Waals surface area contributed by atoms with Gasteiger partial charge in [-0.25, -0.2) is 0 Å². The van der Waals surface area contributed by atoms with E-state index in [9.17, 15) is 8.42 Å². The minimum Gasteiger partial charge on any atom is -0.397 e. The molecule has 0 atom stereocenters. The Labute approximate surface area is 88.5 Å². The fourth-order valence-corrected chi connectivity index (χ4v) is 2.80. The highest BCUT2D eigenvalue weighted by Crippen LogP contribution is 2.24. The molecule has 1 aliphatic rings. The van der Waals surface area contributed by atoms with Crippen molar-refractivity contribution in [3.05, 3.63) is 18.5 Å².